The molecule has 76 valence electrons. The summed E-state index contributed by atoms with van der Waals surface area (Å²) >= 11 is 0. The van der Waals surface area contributed by atoms with Crippen LogP contribution in [0.3, 0.4) is 0 Å². The molecule has 0 heterocycles. The molecule has 0 spiro atoms. The number of hydrogen-bond donors (Lipinski definition) is 1. The van der Waals surface area contributed by atoms with Gasteiger partial charge in [0.05, 0.1) is 13.0 Å². The maximum atomic E-state index is 11.1. The van der Waals surface area contributed by atoms with Crippen LogP contribution in [0, 0.1) is 0 Å². The lowest BCUT2D eigenvalue weighted by molar-refractivity contribution is -0.143. The Hall–Kier alpha value is -1.35. The quantitative estimate of drug-likeness (QED) is 0.739. The number of rotatable bonds is 4. The van der Waals surface area contributed by atoms with Crippen molar-refractivity contribution in [1.29, 1.82) is 0 Å². The second-order valence-electron chi connectivity index (χ2n) is 3.03. The molecule has 1 rings (SSSR count). The molecule has 0 amide bonds. The highest BCUT2D eigenvalue weighted by atomic mass is 16.5. The standard InChI is InChI=1S/C11H15NO2/c1-2-14-11(13)8-10(12)9-6-4-3-5-7-9/h3-7,10H,2,8,12H2,1H3/t10-/m1/s1. The second kappa shape index (κ2) is 5.40. The van der Waals surface area contributed by atoms with E-state index >= 15 is 0 Å². The van der Waals surface area contributed by atoms with E-state index in [4.69, 9.17) is 10.5 Å². The van der Waals surface area contributed by atoms with E-state index in [2.05, 4.69) is 0 Å². The molecule has 1 atom stereocenters. The van der Waals surface area contributed by atoms with Crippen LogP contribution in [0.2, 0.25) is 0 Å². The predicted octanol–water partition coefficient (Wildman–Crippen LogP) is 1.64. The first-order valence-electron chi connectivity index (χ1n) is 4.70. The van der Waals surface area contributed by atoms with Crippen LogP contribution in [0.4, 0.5) is 0 Å². The third-order valence-electron chi connectivity index (χ3n) is 1.92. The SMILES string of the molecule is CCOC(=O)C[C@@H](N)c1ccccc1. The Labute approximate surface area is 83.9 Å². The van der Waals surface area contributed by atoms with Gasteiger partial charge in [-0.3, -0.25) is 4.79 Å². The van der Waals surface area contributed by atoms with Crippen molar-refractivity contribution in [3.8, 4) is 0 Å². The summed E-state index contributed by atoms with van der Waals surface area (Å²) in [5.74, 6) is -0.246. The molecule has 0 saturated carbocycles. The second-order valence-corrected chi connectivity index (χ2v) is 3.03. The van der Waals surface area contributed by atoms with E-state index in [1.54, 1.807) is 6.92 Å². The molecule has 3 heteroatoms. The highest BCUT2D eigenvalue weighted by Crippen LogP contribution is 2.13. The lowest BCUT2D eigenvalue weighted by Crippen LogP contribution is -2.17. The van der Waals surface area contributed by atoms with Crippen LogP contribution in [0.15, 0.2) is 30.3 Å². The number of nitrogens with two attached hydrogens (primary N) is 1. The van der Waals surface area contributed by atoms with Crippen molar-refractivity contribution in [1.82, 2.24) is 0 Å². The molecular weight excluding hydrogens is 178 g/mol. The highest BCUT2D eigenvalue weighted by molar-refractivity contribution is 5.70. The van der Waals surface area contributed by atoms with Crippen molar-refractivity contribution in [3.63, 3.8) is 0 Å². The summed E-state index contributed by atoms with van der Waals surface area (Å²) in [4.78, 5) is 11.1. The predicted molar refractivity (Wildman–Crippen MR) is 54.6 cm³/mol. The Morgan fingerprint density at radius 3 is 2.64 bits per heavy atom. The maximum absolute atomic E-state index is 11.1. The number of carbonyl (C=O) groups is 1. The highest BCUT2D eigenvalue weighted by Gasteiger charge is 2.11. The van der Waals surface area contributed by atoms with Gasteiger partial charge in [-0.2, -0.15) is 0 Å². The van der Waals surface area contributed by atoms with Gasteiger partial charge >= 0.3 is 5.97 Å². The smallest absolute Gasteiger partial charge is 0.307 e. The molecule has 14 heavy (non-hydrogen) atoms. The molecular formula is C11H15NO2. The first-order chi connectivity index (χ1) is 6.74. The van der Waals surface area contributed by atoms with Gasteiger partial charge in [-0.1, -0.05) is 30.3 Å². The van der Waals surface area contributed by atoms with Crippen molar-refractivity contribution in [2.24, 2.45) is 5.73 Å². The largest absolute Gasteiger partial charge is 0.466 e. The van der Waals surface area contributed by atoms with Crippen LogP contribution in [0.1, 0.15) is 24.9 Å². The molecule has 0 aliphatic heterocycles. The average Bonchev–Trinajstić information content (AvgIpc) is 2.19. The van der Waals surface area contributed by atoms with E-state index < -0.39 is 0 Å². The van der Waals surface area contributed by atoms with E-state index in [0.717, 1.165) is 5.56 Å². The monoisotopic (exact) mass is 193 g/mol. The van der Waals surface area contributed by atoms with E-state index in [1.165, 1.54) is 0 Å². The molecule has 0 radical (unpaired) electrons. The fourth-order valence-electron chi connectivity index (χ4n) is 1.22. The summed E-state index contributed by atoms with van der Waals surface area (Å²) in [6, 6.07) is 9.27. The minimum Gasteiger partial charge on any atom is -0.466 e. The van der Waals surface area contributed by atoms with Gasteiger partial charge in [0, 0.05) is 6.04 Å². The van der Waals surface area contributed by atoms with Gasteiger partial charge in [-0.15, -0.1) is 0 Å². The van der Waals surface area contributed by atoms with Crippen LogP contribution in [0.25, 0.3) is 0 Å². The first kappa shape index (κ1) is 10.7. The van der Waals surface area contributed by atoms with Crippen molar-refractivity contribution < 1.29 is 9.53 Å². The molecule has 1 aromatic rings. The normalized spacial score (nSPS) is 12.1. The minimum absolute atomic E-state index is 0.234. The summed E-state index contributed by atoms with van der Waals surface area (Å²) in [5.41, 5.74) is 6.78. The van der Waals surface area contributed by atoms with Crippen LogP contribution >= 0.6 is 0 Å². The molecule has 0 aliphatic carbocycles. The zero-order chi connectivity index (χ0) is 10.4. The summed E-state index contributed by atoms with van der Waals surface area (Å²) in [6.07, 6.45) is 0.234. The lowest BCUT2D eigenvalue weighted by atomic mass is 10.1. The van der Waals surface area contributed by atoms with Crippen molar-refractivity contribution in [2.75, 3.05) is 6.61 Å². The Morgan fingerprint density at radius 2 is 2.07 bits per heavy atom. The van der Waals surface area contributed by atoms with Crippen molar-refractivity contribution >= 4 is 5.97 Å². The number of esters is 1. The van der Waals surface area contributed by atoms with E-state index in [9.17, 15) is 4.79 Å². The molecule has 0 unspecified atom stereocenters. The number of ether oxygens (including phenoxy) is 1. The summed E-state index contributed by atoms with van der Waals surface area (Å²) in [5, 5.41) is 0. The van der Waals surface area contributed by atoms with E-state index in [1.807, 2.05) is 30.3 Å². The Bertz CT molecular complexity index is 285. The summed E-state index contributed by atoms with van der Waals surface area (Å²) in [6.45, 7) is 2.19. The molecule has 1 aromatic carbocycles. The summed E-state index contributed by atoms with van der Waals surface area (Å²) < 4.78 is 4.82. The molecule has 0 aromatic heterocycles. The average molecular weight is 193 g/mol. The Balaban J connectivity index is 2.50. The van der Waals surface area contributed by atoms with Gasteiger partial charge in [0.2, 0.25) is 0 Å². The van der Waals surface area contributed by atoms with Crippen LogP contribution in [-0.4, -0.2) is 12.6 Å². The van der Waals surface area contributed by atoms with Crippen LogP contribution < -0.4 is 5.73 Å². The van der Waals surface area contributed by atoms with E-state index in [-0.39, 0.29) is 18.4 Å². The lowest BCUT2D eigenvalue weighted by Gasteiger charge is -2.10. The van der Waals surface area contributed by atoms with Gasteiger partial charge in [0.25, 0.3) is 0 Å². The van der Waals surface area contributed by atoms with Crippen molar-refractivity contribution in [3.05, 3.63) is 35.9 Å². The first-order valence-corrected chi connectivity index (χ1v) is 4.70. The third-order valence-corrected chi connectivity index (χ3v) is 1.92. The van der Waals surface area contributed by atoms with Gasteiger partial charge in [-0.05, 0) is 12.5 Å². The van der Waals surface area contributed by atoms with Crippen LogP contribution in [-0.2, 0) is 9.53 Å². The van der Waals surface area contributed by atoms with Crippen molar-refractivity contribution in [2.45, 2.75) is 19.4 Å². The molecule has 0 saturated heterocycles. The Morgan fingerprint density at radius 1 is 1.43 bits per heavy atom. The third kappa shape index (κ3) is 3.18. The molecule has 0 aliphatic rings. The molecule has 0 fully saturated rings. The van der Waals surface area contributed by atoms with Gasteiger partial charge < -0.3 is 10.5 Å². The zero-order valence-corrected chi connectivity index (χ0v) is 8.27. The molecule has 3 nitrogen and oxygen atoms in total. The van der Waals surface area contributed by atoms with Gasteiger partial charge in [0.1, 0.15) is 0 Å². The fraction of sp³-hybridized carbons (Fsp3) is 0.364. The molecule has 0 bridgehead atoms. The number of benzene rings is 1. The topological polar surface area (TPSA) is 52.3 Å². The van der Waals surface area contributed by atoms with Crippen LogP contribution in [0.5, 0.6) is 0 Å². The minimum atomic E-state index is -0.268. The van der Waals surface area contributed by atoms with E-state index in [0.29, 0.717) is 6.61 Å². The fourth-order valence-corrected chi connectivity index (χ4v) is 1.22. The maximum Gasteiger partial charge on any atom is 0.307 e. The number of hydrogen-bond acceptors (Lipinski definition) is 3. The molecule has 2 N–H and O–H groups in total. The number of carbonyl (C=O) groups excluding carboxylic acids is 1. The van der Waals surface area contributed by atoms with Gasteiger partial charge in [0.15, 0.2) is 0 Å². The van der Waals surface area contributed by atoms with Gasteiger partial charge in [-0.25, -0.2) is 0 Å². The summed E-state index contributed by atoms with van der Waals surface area (Å²) in [7, 11) is 0. The zero-order valence-electron chi connectivity index (χ0n) is 8.27. The Kier molecular flexibility index (Phi) is 4.13.